The van der Waals surface area contributed by atoms with Gasteiger partial charge < -0.3 is 18.9 Å². The van der Waals surface area contributed by atoms with Gasteiger partial charge >= 0.3 is 0 Å². The number of fused-ring (bicyclic) bond motifs is 1. The van der Waals surface area contributed by atoms with Crippen molar-refractivity contribution in [3.05, 3.63) is 54.4 Å². The standard InChI is InChI=1S/C25H31N3O3/c1-25(2,3)28-17-18(15-23(28)29)24-26-21-11-5-6-12-22(21)27(24)13-8-14-31-20-10-7-9-19(16-20)30-4/h5-7,9-12,16,18H,8,13-15,17H2,1-4H3/t18-/m1/s1. The maximum Gasteiger partial charge on any atom is 0.223 e. The third kappa shape index (κ3) is 4.53. The maximum atomic E-state index is 12.7. The number of ether oxygens (including phenoxy) is 2. The van der Waals surface area contributed by atoms with Crippen LogP contribution in [-0.2, 0) is 11.3 Å². The average molecular weight is 422 g/mol. The first-order chi connectivity index (χ1) is 14.9. The van der Waals surface area contributed by atoms with Crippen LogP contribution in [0.1, 0.15) is 45.4 Å². The first-order valence-corrected chi connectivity index (χ1v) is 10.9. The summed E-state index contributed by atoms with van der Waals surface area (Å²) < 4.78 is 13.5. The van der Waals surface area contributed by atoms with Crippen LogP contribution in [0.25, 0.3) is 11.0 Å². The Bertz CT molecular complexity index is 1070. The lowest BCUT2D eigenvalue weighted by Crippen LogP contribution is -2.42. The van der Waals surface area contributed by atoms with Crippen molar-refractivity contribution < 1.29 is 14.3 Å². The van der Waals surface area contributed by atoms with E-state index in [4.69, 9.17) is 14.5 Å². The third-order valence-corrected chi connectivity index (χ3v) is 5.82. The molecule has 1 saturated heterocycles. The van der Waals surface area contributed by atoms with Crippen LogP contribution in [0.15, 0.2) is 48.5 Å². The van der Waals surface area contributed by atoms with E-state index in [1.807, 2.05) is 47.4 Å². The topological polar surface area (TPSA) is 56.6 Å². The Labute approximate surface area is 183 Å². The predicted molar refractivity (Wildman–Crippen MR) is 122 cm³/mol. The molecule has 0 aliphatic carbocycles. The van der Waals surface area contributed by atoms with Crippen LogP contribution in [0.3, 0.4) is 0 Å². The Morgan fingerprint density at radius 1 is 1.10 bits per heavy atom. The van der Waals surface area contributed by atoms with Gasteiger partial charge in [0.05, 0.1) is 24.8 Å². The van der Waals surface area contributed by atoms with E-state index >= 15 is 0 Å². The first-order valence-electron chi connectivity index (χ1n) is 10.9. The van der Waals surface area contributed by atoms with Crippen molar-refractivity contribution in [2.75, 3.05) is 20.3 Å². The van der Waals surface area contributed by atoms with Crippen LogP contribution in [0, 0.1) is 0 Å². The molecule has 0 spiro atoms. The molecule has 31 heavy (non-hydrogen) atoms. The van der Waals surface area contributed by atoms with Crippen LogP contribution < -0.4 is 9.47 Å². The number of methoxy groups -OCH3 is 1. The number of carbonyl (C=O) groups excluding carboxylic acids is 1. The zero-order chi connectivity index (χ0) is 22.0. The Morgan fingerprint density at radius 2 is 1.87 bits per heavy atom. The monoisotopic (exact) mass is 421 g/mol. The molecule has 1 aromatic heterocycles. The van der Waals surface area contributed by atoms with E-state index in [0.29, 0.717) is 19.6 Å². The number of imidazole rings is 1. The summed E-state index contributed by atoms with van der Waals surface area (Å²) in [4.78, 5) is 19.6. The summed E-state index contributed by atoms with van der Waals surface area (Å²) in [5, 5.41) is 0. The zero-order valence-electron chi connectivity index (χ0n) is 18.8. The number of aryl methyl sites for hydroxylation is 1. The number of hydrogen-bond donors (Lipinski definition) is 0. The number of likely N-dealkylation sites (tertiary alicyclic amines) is 1. The van der Waals surface area contributed by atoms with Gasteiger partial charge in [-0.15, -0.1) is 0 Å². The molecule has 1 aliphatic rings. The number of para-hydroxylation sites is 2. The highest BCUT2D eigenvalue weighted by atomic mass is 16.5. The summed E-state index contributed by atoms with van der Waals surface area (Å²) in [6, 6.07) is 15.9. The minimum absolute atomic E-state index is 0.110. The number of aromatic nitrogens is 2. The zero-order valence-corrected chi connectivity index (χ0v) is 18.8. The molecule has 0 N–H and O–H groups in total. The van der Waals surface area contributed by atoms with Crippen molar-refractivity contribution in [1.29, 1.82) is 0 Å². The van der Waals surface area contributed by atoms with Crippen LogP contribution in [0.5, 0.6) is 11.5 Å². The smallest absolute Gasteiger partial charge is 0.223 e. The van der Waals surface area contributed by atoms with Gasteiger partial charge in [-0.3, -0.25) is 4.79 Å². The molecule has 164 valence electrons. The summed E-state index contributed by atoms with van der Waals surface area (Å²) in [5.41, 5.74) is 1.92. The van der Waals surface area contributed by atoms with Gasteiger partial charge in [0.2, 0.25) is 5.91 Å². The third-order valence-electron chi connectivity index (χ3n) is 5.82. The minimum Gasteiger partial charge on any atom is -0.497 e. The molecule has 2 heterocycles. The van der Waals surface area contributed by atoms with Crippen molar-refractivity contribution in [1.82, 2.24) is 14.5 Å². The van der Waals surface area contributed by atoms with Gasteiger partial charge in [0.15, 0.2) is 0 Å². The van der Waals surface area contributed by atoms with Crippen molar-refractivity contribution in [3.8, 4) is 11.5 Å². The SMILES string of the molecule is COc1cccc(OCCCn2c([C@@H]3CC(=O)N(C(C)(C)C)C3)nc3ccccc32)c1. The molecule has 3 aromatic rings. The van der Waals surface area contributed by atoms with Crippen molar-refractivity contribution in [2.45, 2.75) is 51.6 Å². The van der Waals surface area contributed by atoms with E-state index < -0.39 is 0 Å². The molecule has 1 atom stereocenters. The van der Waals surface area contributed by atoms with Gasteiger partial charge in [-0.25, -0.2) is 4.98 Å². The summed E-state index contributed by atoms with van der Waals surface area (Å²) >= 11 is 0. The second kappa shape index (κ2) is 8.61. The Hall–Kier alpha value is -3.02. The second-order valence-corrected chi connectivity index (χ2v) is 9.07. The second-order valence-electron chi connectivity index (χ2n) is 9.07. The minimum atomic E-state index is -0.173. The highest BCUT2D eigenvalue weighted by molar-refractivity contribution is 5.81. The fraction of sp³-hybridized carbons (Fsp3) is 0.440. The molecule has 6 heteroatoms. The first kappa shape index (κ1) is 21.2. The number of rotatable bonds is 7. The van der Waals surface area contributed by atoms with Gasteiger partial charge in [-0.1, -0.05) is 18.2 Å². The normalized spacial score (nSPS) is 16.8. The van der Waals surface area contributed by atoms with Crippen molar-refractivity contribution in [3.63, 3.8) is 0 Å². The number of amides is 1. The van der Waals surface area contributed by atoms with Crippen molar-refractivity contribution in [2.24, 2.45) is 0 Å². The van der Waals surface area contributed by atoms with E-state index in [1.165, 1.54) is 0 Å². The van der Waals surface area contributed by atoms with Gasteiger partial charge in [-0.2, -0.15) is 0 Å². The molecular formula is C25H31N3O3. The van der Waals surface area contributed by atoms with E-state index in [0.717, 1.165) is 41.3 Å². The van der Waals surface area contributed by atoms with Crippen LogP contribution in [-0.4, -0.2) is 46.2 Å². The van der Waals surface area contributed by atoms with Crippen LogP contribution >= 0.6 is 0 Å². The highest BCUT2D eigenvalue weighted by Gasteiger charge is 2.38. The fourth-order valence-electron chi connectivity index (χ4n) is 4.27. The highest BCUT2D eigenvalue weighted by Crippen LogP contribution is 2.34. The fourth-order valence-corrected chi connectivity index (χ4v) is 4.27. The van der Waals surface area contributed by atoms with Crippen LogP contribution in [0.4, 0.5) is 0 Å². The van der Waals surface area contributed by atoms with Crippen LogP contribution in [0.2, 0.25) is 0 Å². The molecule has 0 saturated carbocycles. The largest absolute Gasteiger partial charge is 0.497 e. The number of nitrogens with zero attached hydrogens (tertiary/aromatic N) is 3. The summed E-state index contributed by atoms with van der Waals surface area (Å²) in [7, 11) is 1.65. The maximum absolute atomic E-state index is 12.7. The van der Waals surface area contributed by atoms with E-state index in [1.54, 1.807) is 7.11 Å². The van der Waals surface area contributed by atoms with E-state index in [-0.39, 0.29) is 17.4 Å². The van der Waals surface area contributed by atoms with E-state index in [2.05, 4.69) is 31.4 Å². The summed E-state index contributed by atoms with van der Waals surface area (Å²) in [5.74, 6) is 2.91. The van der Waals surface area contributed by atoms with Gasteiger partial charge in [0, 0.05) is 37.0 Å². The lowest BCUT2D eigenvalue weighted by Gasteiger charge is -2.32. The van der Waals surface area contributed by atoms with Crippen molar-refractivity contribution >= 4 is 16.9 Å². The molecule has 0 radical (unpaired) electrons. The molecule has 1 aliphatic heterocycles. The molecule has 0 bridgehead atoms. The van der Waals surface area contributed by atoms with E-state index in [9.17, 15) is 4.79 Å². The Morgan fingerprint density at radius 3 is 2.61 bits per heavy atom. The molecular weight excluding hydrogens is 390 g/mol. The Kier molecular flexibility index (Phi) is 5.90. The number of benzene rings is 2. The molecule has 0 unspecified atom stereocenters. The molecule has 6 nitrogen and oxygen atoms in total. The number of carbonyl (C=O) groups is 1. The summed E-state index contributed by atoms with van der Waals surface area (Å²) in [6.07, 6.45) is 1.36. The Balaban J connectivity index is 1.50. The lowest BCUT2D eigenvalue weighted by molar-refractivity contribution is -0.131. The average Bonchev–Trinajstić information content (AvgIpc) is 3.32. The molecule has 4 rings (SSSR count). The molecule has 1 fully saturated rings. The summed E-state index contributed by atoms with van der Waals surface area (Å²) in [6.45, 7) is 8.37. The molecule has 1 amide bonds. The van der Waals surface area contributed by atoms with Gasteiger partial charge in [-0.05, 0) is 51.5 Å². The lowest BCUT2D eigenvalue weighted by atomic mass is 10.1. The van der Waals surface area contributed by atoms with Gasteiger partial charge in [0.25, 0.3) is 0 Å². The predicted octanol–water partition coefficient (Wildman–Crippen LogP) is 4.63. The van der Waals surface area contributed by atoms with Gasteiger partial charge in [0.1, 0.15) is 17.3 Å². The quantitative estimate of drug-likeness (QED) is 0.522. The molecule has 2 aromatic carbocycles. The number of hydrogen-bond acceptors (Lipinski definition) is 4.